The average molecular weight is 412 g/mol. The largest absolute Gasteiger partial charge is 0.493 e. The van der Waals surface area contributed by atoms with Crippen molar-refractivity contribution in [2.75, 3.05) is 53.4 Å². The van der Waals surface area contributed by atoms with Crippen LogP contribution in [0.25, 0.3) is 0 Å². The Bertz CT molecular complexity index is 851. The molecule has 1 unspecified atom stereocenters. The van der Waals surface area contributed by atoms with Crippen LogP contribution in [-0.4, -0.2) is 64.2 Å². The molecule has 1 aliphatic heterocycles. The number of nitrogens with zero attached hydrogens (tertiary/aromatic N) is 3. The van der Waals surface area contributed by atoms with E-state index < -0.39 is 0 Å². The molecule has 2 aromatic carbocycles. The highest BCUT2D eigenvalue weighted by atomic mass is 16.5. The molecule has 1 heterocycles. The first kappa shape index (κ1) is 22.0. The number of methoxy groups -OCH3 is 2. The Labute approximate surface area is 180 Å². The van der Waals surface area contributed by atoms with E-state index in [1.54, 1.807) is 14.2 Å². The van der Waals surface area contributed by atoms with Crippen LogP contribution in [0.5, 0.6) is 11.5 Å². The Morgan fingerprint density at radius 1 is 1.03 bits per heavy atom. The van der Waals surface area contributed by atoms with Gasteiger partial charge in [0.1, 0.15) is 0 Å². The molecule has 1 amide bonds. The van der Waals surface area contributed by atoms with Crippen LogP contribution in [0.15, 0.2) is 42.5 Å². The summed E-state index contributed by atoms with van der Waals surface area (Å²) in [4.78, 5) is 19.1. The second-order valence-corrected chi connectivity index (χ2v) is 8.05. The predicted molar refractivity (Wildman–Crippen MR) is 120 cm³/mol. The SMILES string of the molecule is COc1ccc(C2CCCN2CC(=O)N(C)Cc2ccc(N(C)C)cc2)cc1OC. The van der Waals surface area contributed by atoms with E-state index >= 15 is 0 Å². The maximum atomic E-state index is 12.9. The van der Waals surface area contributed by atoms with Crippen molar-refractivity contribution in [3.05, 3.63) is 53.6 Å². The molecule has 2 aromatic rings. The lowest BCUT2D eigenvalue weighted by Crippen LogP contribution is -2.37. The highest BCUT2D eigenvalue weighted by Crippen LogP contribution is 2.36. The van der Waals surface area contributed by atoms with Crippen molar-refractivity contribution >= 4 is 11.6 Å². The van der Waals surface area contributed by atoms with Crippen molar-refractivity contribution in [3.63, 3.8) is 0 Å². The third-order valence-electron chi connectivity index (χ3n) is 5.79. The zero-order valence-corrected chi connectivity index (χ0v) is 18.7. The second kappa shape index (κ2) is 9.85. The molecule has 1 aliphatic rings. The summed E-state index contributed by atoms with van der Waals surface area (Å²) >= 11 is 0. The van der Waals surface area contributed by atoms with Crippen molar-refractivity contribution in [2.45, 2.75) is 25.4 Å². The van der Waals surface area contributed by atoms with Gasteiger partial charge in [-0.2, -0.15) is 0 Å². The lowest BCUT2D eigenvalue weighted by atomic mass is 10.0. The summed E-state index contributed by atoms with van der Waals surface area (Å²) in [7, 11) is 9.22. The monoisotopic (exact) mass is 411 g/mol. The van der Waals surface area contributed by atoms with Crippen molar-refractivity contribution in [1.82, 2.24) is 9.80 Å². The molecule has 162 valence electrons. The van der Waals surface area contributed by atoms with Crippen LogP contribution in [0, 0.1) is 0 Å². The molecule has 0 radical (unpaired) electrons. The molecule has 6 nitrogen and oxygen atoms in total. The molecule has 0 spiro atoms. The normalized spacial score (nSPS) is 16.4. The summed E-state index contributed by atoms with van der Waals surface area (Å²) in [5, 5.41) is 0. The highest BCUT2D eigenvalue weighted by Gasteiger charge is 2.29. The van der Waals surface area contributed by atoms with Crippen LogP contribution < -0.4 is 14.4 Å². The standard InChI is InChI=1S/C24H33N3O3/c1-25(2)20-11-8-18(9-12-20)16-26(3)24(28)17-27-14-6-7-21(27)19-10-13-22(29-4)23(15-19)30-5/h8-13,15,21H,6-7,14,16-17H2,1-5H3. The van der Waals surface area contributed by atoms with Gasteiger partial charge in [-0.05, 0) is 54.8 Å². The van der Waals surface area contributed by atoms with Gasteiger partial charge in [0, 0.05) is 39.4 Å². The summed E-state index contributed by atoms with van der Waals surface area (Å²) in [5.41, 5.74) is 3.46. The van der Waals surface area contributed by atoms with Gasteiger partial charge in [-0.1, -0.05) is 18.2 Å². The summed E-state index contributed by atoms with van der Waals surface area (Å²) in [6.45, 7) is 1.96. The van der Waals surface area contributed by atoms with Crippen LogP contribution in [0.1, 0.15) is 30.0 Å². The maximum absolute atomic E-state index is 12.9. The Morgan fingerprint density at radius 3 is 2.37 bits per heavy atom. The average Bonchev–Trinajstić information content (AvgIpc) is 3.21. The van der Waals surface area contributed by atoms with Gasteiger partial charge in [0.05, 0.1) is 20.8 Å². The smallest absolute Gasteiger partial charge is 0.236 e. The molecule has 1 saturated heterocycles. The fraction of sp³-hybridized carbons (Fsp3) is 0.458. The lowest BCUT2D eigenvalue weighted by Gasteiger charge is -2.27. The van der Waals surface area contributed by atoms with Crippen molar-refractivity contribution in [1.29, 1.82) is 0 Å². The predicted octanol–water partition coefficient (Wildman–Crippen LogP) is 3.57. The molecule has 1 fully saturated rings. The molecular weight excluding hydrogens is 378 g/mol. The summed E-state index contributed by atoms with van der Waals surface area (Å²) in [6, 6.07) is 14.6. The molecule has 3 rings (SSSR count). The van der Waals surface area contributed by atoms with E-state index in [2.05, 4.69) is 40.1 Å². The molecule has 0 aromatic heterocycles. The van der Waals surface area contributed by atoms with Crippen molar-refractivity contribution in [2.24, 2.45) is 0 Å². The number of ether oxygens (including phenoxy) is 2. The van der Waals surface area contributed by atoms with Crippen LogP contribution >= 0.6 is 0 Å². The van der Waals surface area contributed by atoms with Crippen LogP contribution in [0.3, 0.4) is 0 Å². The Balaban J connectivity index is 1.63. The van der Waals surface area contributed by atoms with Crippen molar-refractivity contribution in [3.8, 4) is 11.5 Å². The number of rotatable bonds is 8. The van der Waals surface area contributed by atoms with E-state index in [4.69, 9.17) is 9.47 Å². The van der Waals surface area contributed by atoms with Crippen LogP contribution in [0.2, 0.25) is 0 Å². The van der Waals surface area contributed by atoms with Gasteiger partial charge in [-0.3, -0.25) is 9.69 Å². The minimum atomic E-state index is 0.138. The molecule has 0 bridgehead atoms. The maximum Gasteiger partial charge on any atom is 0.236 e. The van der Waals surface area contributed by atoms with Gasteiger partial charge in [-0.25, -0.2) is 0 Å². The minimum absolute atomic E-state index is 0.138. The zero-order chi connectivity index (χ0) is 21.7. The van der Waals surface area contributed by atoms with E-state index in [1.165, 1.54) is 5.56 Å². The number of carbonyl (C=O) groups is 1. The second-order valence-electron chi connectivity index (χ2n) is 8.05. The van der Waals surface area contributed by atoms with E-state index in [1.807, 2.05) is 38.2 Å². The van der Waals surface area contributed by atoms with Gasteiger partial charge >= 0.3 is 0 Å². The summed E-state index contributed by atoms with van der Waals surface area (Å²) in [5.74, 6) is 1.59. The van der Waals surface area contributed by atoms with Gasteiger partial charge in [0.25, 0.3) is 0 Å². The minimum Gasteiger partial charge on any atom is -0.493 e. The molecule has 30 heavy (non-hydrogen) atoms. The van der Waals surface area contributed by atoms with E-state index in [0.717, 1.165) is 42.1 Å². The lowest BCUT2D eigenvalue weighted by molar-refractivity contribution is -0.131. The number of hydrogen-bond acceptors (Lipinski definition) is 5. The fourth-order valence-corrected chi connectivity index (χ4v) is 4.01. The first-order valence-corrected chi connectivity index (χ1v) is 10.4. The van der Waals surface area contributed by atoms with Gasteiger partial charge < -0.3 is 19.3 Å². The number of hydrogen-bond donors (Lipinski definition) is 0. The number of anilines is 1. The Kier molecular flexibility index (Phi) is 7.21. The van der Waals surface area contributed by atoms with E-state index in [0.29, 0.717) is 13.1 Å². The number of amides is 1. The number of benzene rings is 2. The highest BCUT2D eigenvalue weighted by molar-refractivity contribution is 5.78. The van der Waals surface area contributed by atoms with Crippen LogP contribution in [0.4, 0.5) is 5.69 Å². The molecule has 0 aliphatic carbocycles. The summed E-state index contributed by atoms with van der Waals surface area (Å²) in [6.07, 6.45) is 2.13. The third-order valence-corrected chi connectivity index (χ3v) is 5.79. The summed E-state index contributed by atoms with van der Waals surface area (Å²) < 4.78 is 10.8. The number of likely N-dealkylation sites (N-methyl/N-ethyl adjacent to an activating group) is 1. The van der Waals surface area contributed by atoms with E-state index in [9.17, 15) is 4.79 Å². The fourth-order valence-electron chi connectivity index (χ4n) is 4.01. The Morgan fingerprint density at radius 2 is 1.73 bits per heavy atom. The molecular formula is C24H33N3O3. The van der Waals surface area contributed by atoms with Gasteiger partial charge in [0.15, 0.2) is 11.5 Å². The topological polar surface area (TPSA) is 45.2 Å². The zero-order valence-electron chi connectivity index (χ0n) is 18.7. The molecule has 0 N–H and O–H groups in total. The molecule has 1 atom stereocenters. The first-order chi connectivity index (χ1) is 14.4. The number of carbonyl (C=O) groups excluding carboxylic acids is 1. The van der Waals surface area contributed by atoms with Crippen molar-refractivity contribution < 1.29 is 14.3 Å². The van der Waals surface area contributed by atoms with E-state index in [-0.39, 0.29) is 11.9 Å². The van der Waals surface area contributed by atoms with Gasteiger partial charge in [0.2, 0.25) is 5.91 Å². The third kappa shape index (κ3) is 5.05. The molecule has 0 saturated carbocycles. The Hall–Kier alpha value is -2.73. The quantitative estimate of drug-likeness (QED) is 0.665. The van der Waals surface area contributed by atoms with Gasteiger partial charge in [-0.15, -0.1) is 0 Å². The number of likely N-dealkylation sites (tertiary alicyclic amines) is 1. The molecule has 6 heteroatoms. The first-order valence-electron chi connectivity index (χ1n) is 10.4. The van der Waals surface area contributed by atoms with Crippen LogP contribution in [-0.2, 0) is 11.3 Å².